The number of aromatic nitrogens is 1. The molecule has 1 aromatic heterocycles. The minimum atomic E-state index is -3.28. The van der Waals surface area contributed by atoms with Crippen molar-refractivity contribution in [3.05, 3.63) is 42.2 Å². The zero-order valence-electron chi connectivity index (χ0n) is 10.2. The van der Waals surface area contributed by atoms with E-state index in [2.05, 4.69) is 4.98 Å². The fourth-order valence-electron chi connectivity index (χ4n) is 1.89. The van der Waals surface area contributed by atoms with E-state index in [4.69, 9.17) is 0 Å². The molecule has 2 atom stereocenters. The summed E-state index contributed by atoms with van der Waals surface area (Å²) in [5, 5.41) is 11.1. The third kappa shape index (κ3) is 2.37. The fourth-order valence-corrected chi connectivity index (χ4v) is 2.51. The molecule has 0 spiro atoms. The first-order valence-corrected chi connectivity index (χ1v) is 7.56. The molecule has 1 N–H and O–H groups in total. The number of pyridine rings is 1. The molecule has 1 aromatic carbocycles. The molecule has 0 saturated heterocycles. The third-order valence-electron chi connectivity index (χ3n) is 3.15. The van der Waals surface area contributed by atoms with Crippen LogP contribution in [0.4, 0.5) is 0 Å². The zero-order valence-corrected chi connectivity index (χ0v) is 11.1. The predicted octanol–water partition coefficient (Wildman–Crippen LogP) is 1.70. The molecular formula is C13H15NO3S. The van der Waals surface area contributed by atoms with Crippen molar-refractivity contribution < 1.29 is 13.5 Å². The van der Waals surface area contributed by atoms with Crippen LogP contribution >= 0.6 is 0 Å². The van der Waals surface area contributed by atoms with Gasteiger partial charge < -0.3 is 5.11 Å². The van der Waals surface area contributed by atoms with Crippen LogP contribution in [0.5, 0.6) is 0 Å². The van der Waals surface area contributed by atoms with Crippen LogP contribution in [0.3, 0.4) is 0 Å². The lowest BCUT2D eigenvalue weighted by atomic mass is 10.0. The maximum atomic E-state index is 11.5. The molecule has 0 saturated carbocycles. The molecule has 96 valence electrons. The standard InChI is InChI=1S/C13H15NO3S/c1-9(18(2,16)17)13(15)12-5-3-4-10-8-14-7-6-11(10)12/h3-9,13,15H,1-2H3. The highest BCUT2D eigenvalue weighted by Gasteiger charge is 2.26. The second-order valence-corrected chi connectivity index (χ2v) is 6.83. The Kier molecular flexibility index (Phi) is 3.36. The summed E-state index contributed by atoms with van der Waals surface area (Å²) in [5.74, 6) is 0. The van der Waals surface area contributed by atoms with Crippen molar-refractivity contribution in [3.8, 4) is 0 Å². The quantitative estimate of drug-likeness (QED) is 0.917. The molecule has 1 heterocycles. The van der Waals surface area contributed by atoms with Crippen LogP contribution < -0.4 is 0 Å². The summed E-state index contributed by atoms with van der Waals surface area (Å²) < 4.78 is 23.0. The van der Waals surface area contributed by atoms with Gasteiger partial charge in [-0.1, -0.05) is 18.2 Å². The van der Waals surface area contributed by atoms with Gasteiger partial charge in [-0.25, -0.2) is 8.42 Å². The Labute approximate surface area is 106 Å². The highest BCUT2D eigenvalue weighted by Crippen LogP contribution is 2.28. The van der Waals surface area contributed by atoms with Crippen LogP contribution in [0, 0.1) is 0 Å². The van der Waals surface area contributed by atoms with Crippen LogP contribution in [0.1, 0.15) is 18.6 Å². The summed E-state index contributed by atoms with van der Waals surface area (Å²) in [6, 6.07) is 7.19. The molecule has 0 bridgehead atoms. The molecule has 18 heavy (non-hydrogen) atoms. The Morgan fingerprint density at radius 1 is 1.28 bits per heavy atom. The number of benzene rings is 1. The molecule has 2 unspecified atom stereocenters. The SMILES string of the molecule is CC(C(O)c1cccc2cnccc12)S(C)(=O)=O. The predicted molar refractivity (Wildman–Crippen MR) is 71.0 cm³/mol. The van der Waals surface area contributed by atoms with Gasteiger partial charge in [0.05, 0.1) is 11.4 Å². The van der Waals surface area contributed by atoms with E-state index >= 15 is 0 Å². The van der Waals surface area contributed by atoms with Crippen molar-refractivity contribution in [2.45, 2.75) is 18.3 Å². The summed E-state index contributed by atoms with van der Waals surface area (Å²) in [7, 11) is -3.28. The van der Waals surface area contributed by atoms with Crippen molar-refractivity contribution >= 4 is 20.6 Å². The monoisotopic (exact) mass is 265 g/mol. The molecule has 0 aliphatic carbocycles. The lowest BCUT2D eigenvalue weighted by Gasteiger charge is -2.19. The number of rotatable bonds is 3. The number of hydrogen-bond acceptors (Lipinski definition) is 4. The lowest BCUT2D eigenvalue weighted by Crippen LogP contribution is -2.24. The average Bonchev–Trinajstić information content (AvgIpc) is 2.35. The average molecular weight is 265 g/mol. The van der Waals surface area contributed by atoms with Gasteiger partial charge in [0.25, 0.3) is 0 Å². The smallest absolute Gasteiger partial charge is 0.152 e. The number of fused-ring (bicyclic) bond motifs is 1. The summed E-state index contributed by atoms with van der Waals surface area (Å²) in [5.41, 5.74) is 0.618. The number of aliphatic hydroxyl groups is 1. The van der Waals surface area contributed by atoms with Gasteiger partial charge in [0.1, 0.15) is 0 Å². The van der Waals surface area contributed by atoms with Crippen molar-refractivity contribution in [1.82, 2.24) is 4.98 Å². The molecular weight excluding hydrogens is 250 g/mol. The van der Waals surface area contributed by atoms with Gasteiger partial charge in [-0.05, 0) is 23.9 Å². The van der Waals surface area contributed by atoms with Crippen molar-refractivity contribution in [3.63, 3.8) is 0 Å². The second-order valence-electron chi connectivity index (χ2n) is 4.42. The first-order valence-electron chi connectivity index (χ1n) is 5.61. The minimum absolute atomic E-state index is 0.618. The summed E-state index contributed by atoms with van der Waals surface area (Å²) in [6.07, 6.45) is 3.42. The Morgan fingerprint density at radius 2 is 2.00 bits per heavy atom. The van der Waals surface area contributed by atoms with Crippen LogP contribution in [-0.2, 0) is 9.84 Å². The molecule has 0 aliphatic rings. The number of hydrogen-bond donors (Lipinski definition) is 1. The molecule has 2 aromatic rings. The third-order valence-corrected chi connectivity index (χ3v) is 4.76. The highest BCUT2D eigenvalue weighted by molar-refractivity contribution is 7.91. The van der Waals surface area contributed by atoms with Crippen molar-refractivity contribution in [1.29, 1.82) is 0 Å². The number of aliphatic hydroxyl groups excluding tert-OH is 1. The topological polar surface area (TPSA) is 67.3 Å². The highest BCUT2D eigenvalue weighted by atomic mass is 32.2. The lowest BCUT2D eigenvalue weighted by molar-refractivity contribution is 0.177. The van der Waals surface area contributed by atoms with E-state index in [1.54, 1.807) is 30.6 Å². The van der Waals surface area contributed by atoms with Crippen molar-refractivity contribution in [2.75, 3.05) is 6.26 Å². The first kappa shape index (κ1) is 13.0. The van der Waals surface area contributed by atoms with Gasteiger partial charge in [-0.15, -0.1) is 0 Å². The molecule has 0 amide bonds. The Bertz CT molecular complexity index is 661. The van der Waals surface area contributed by atoms with E-state index in [0.717, 1.165) is 17.0 Å². The molecule has 4 nitrogen and oxygen atoms in total. The van der Waals surface area contributed by atoms with E-state index in [0.29, 0.717) is 5.56 Å². The fraction of sp³-hybridized carbons (Fsp3) is 0.308. The van der Waals surface area contributed by atoms with E-state index in [-0.39, 0.29) is 0 Å². The van der Waals surface area contributed by atoms with Crippen LogP contribution in [0.2, 0.25) is 0 Å². The number of nitrogens with zero attached hydrogens (tertiary/aromatic N) is 1. The van der Waals surface area contributed by atoms with Gasteiger partial charge in [0.2, 0.25) is 0 Å². The summed E-state index contributed by atoms with van der Waals surface area (Å²) in [6.45, 7) is 1.51. The van der Waals surface area contributed by atoms with Crippen LogP contribution in [-0.4, -0.2) is 30.0 Å². The first-order chi connectivity index (χ1) is 8.41. The van der Waals surface area contributed by atoms with Gasteiger partial charge in [0, 0.05) is 24.0 Å². The number of sulfone groups is 1. The Hall–Kier alpha value is -1.46. The van der Waals surface area contributed by atoms with E-state index < -0.39 is 21.2 Å². The van der Waals surface area contributed by atoms with Crippen molar-refractivity contribution in [2.24, 2.45) is 0 Å². The van der Waals surface area contributed by atoms with Gasteiger partial charge in [-0.2, -0.15) is 0 Å². The Morgan fingerprint density at radius 3 is 2.67 bits per heavy atom. The van der Waals surface area contributed by atoms with E-state index in [1.165, 1.54) is 6.92 Å². The molecule has 0 fully saturated rings. The molecule has 2 rings (SSSR count). The maximum absolute atomic E-state index is 11.5. The zero-order chi connectivity index (χ0) is 13.3. The van der Waals surface area contributed by atoms with Gasteiger partial charge >= 0.3 is 0 Å². The van der Waals surface area contributed by atoms with E-state index in [1.807, 2.05) is 6.07 Å². The van der Waals surface area contributed by atoms with Gasteiger partial charge in [0.15, 0.2) is 9.84 Å². The Balaban J connectivity index is 2.55. The van der Waals surface area contributed by atoms with Gasteiger partial charge in [-0.3, -0.25) is 4.98 Å². The molecule has 0 aliphatic heterocycles. The van der Waals surface area contributed by atoms with Crippen LogP contribution in [0.15, 0.2) is 36.7 Å². The van der Waals surface area contributed by atoms with Crippen LogP contribution in [0.25, 0.3) is 10.8 Å². The maximum Gasteiger partial charge on any atom is 0.152 e. The molecule has 0 radical (unpaired) electrons. The summed E-state index contributed by atoms with van der Waals surface area (Å²) >= 11 is 0. The second kappa shape index (κ2) is 4.66. The van der Waals surface area contributed by atoms with E-state index in [9.17, 15) is 13.5 Å². The summed E-state index contributed by atoms with van der Waals surface area (Å²) in [4.78, 5) is 4.01. The largest absolute Gasteiger partial charge is 0.387 e. The minimum Gasteiger partial charge on any atom is -0.387 e. The molecule has 5 heteroatoms. The normalized spacial score (nSPS) is 15.5.